The molecule has 0 atom stereocenters. The standard InChI is InChI=1S/C16H21BrN2O2/c1-2-4-15(20)18-14-7-9-19(10-8-14)16(21)12-5-3-6-13(17)11-12/h3,5-6,11,14H,2,4,7-10H2,1H3,(H,18,20). The van der Waals surface area contributed by atoms with Crippen molar-refractivity contribution in [1.82, 2.24) is 10.2 Å². The van der Waals surface area contributed by atoms with E-state index in [-0.39, 0.29) is 17.9 Å². The van der Waals surface area contributed by atoms with Crippen LogP contribution in [0, 0.1) is 0 Å². The zero-order valence-electron chi connectivity index (χ0n) is 12.3. The Bertz CT molecular complexity index is 511. The summed E-state index contributed by atoms with van der Waals surface area (Å²) in [5, 5.41) is 3.04. The van der Waals surface area contributed by atoms with E-state index in [1.165, 1.54) is 0 Å². The Morgan fingerprint density at radius 1 is 1.33 bits per heavy atom. The van der Waals surface area contributed by atoms with E-state index in [0.717, 1.165) is 23.7 Å². The summed E-state index contributed by atoms with van der Waals surface area (Å²) in [5.41, 5.74) is 0.706. The number of carbonyl (C=O) groups is 2. The highest BCUT2D eigenvalue weighted by Crippen LogP contribution is 2.17. The Morgan fingerprint density at radius 3 is 2.67 bits per heavy atom. The fraction of sp³-hybridized carbons (Fsp3) is 0.500. The fourth-order valence-corrected chi connectivity index (χ4v) is 2.96. The van der Waals surface area contributed by atoms with Crippen LogP contribution in [-0.4, -0.2) is 35.8 Å². The molecule has 114 valence electrons. The van der Waals surface area contributed by atoms with Crippen LogP contribution in [0.5, 0.6) is 0 Å². The molecule has 1 heterocycles. The maximum Gasteiger partial charge on any atom is 0.253 e. The van der Waals surface area contributed by atoms with Crippen molar-refractivity contribution in [2.45, 2.75) is 38.6 Å². The molecule has 0 saturated carbocycles. The van der Waals surface area contributed by atoms with Crippen LogP contribution in [0.3, 0.4) is 0 Å². The molecule has 0 unspecified atom stereocenters. The molecule has 2 amide bonds. The second-order valence-corrected chi connectivity index (χ2v) is 6.31. The van der Waals surface area contributed by atoms with Gasteiger partial charge in [-0.2, -0.15) is 0 Å². The summed E-state index contributed by atoms with van der Waals surface area (Å²) in [6.45, 7) is 3.39. The number of halogens is 1. The molecule has 1 aromatic carbocycles. The number of carbonyl (C=O) groups excluding carboxylic acids is 2. The summed E-state index contributed by atoms with van der Waals surface area (Å²) in [6, 6.07) is 7.66. The molecule has 4 nitrogen and oxygen atoms in total. The van der Waals surface area contributed by atoms with Gasteiger partial charge in [-0.3, -0.25) is 9.59 Å². The molecule has 1 aromatic rings. The van der Waals surface area contributed by atoms with E-state index in [1.807, 2.05) is 36.1 Å². The fourth-order valence-electron chi connectivity index (χ4n) is 2.56. The number of hydrogen-bond donors (Lipinski definition) is 1. The number of nitrogens with zero attached hydrogens (tertiary/aromatic N) is 1. The highest BCUT2D eigenvalue weighted by atomic mass is 79.9. The number of benzene rings is 1. The van der Waals surface area contributed by atoms with E-state index in [1.54, 1.807) is 0 Å². The van der Waals surface area contributed by atoms with Crippen LogP contribution in [0.2, 0.25) is 0 Å². The molecular formula is C16H21BrN2O2. The Morgan fingerprint density at radius 2 is 2.05 bits per heavy atom. The SMILES string of the molecule is CCCC(=O)NC1CCN(C(=O)c2cccc(Br)c2)CC1. The van der Waals surface area contributed by atoms with E-state index in [4.69, 9.17) is 0 Å². The van der Waals surface area contributed by atoms with Gasteiger partial charge in [0.15, 0.2) is 0 Å². The first-order valence-corrected chi connectivity index (χ1v) is 8.23. The molecule has 2 rings (SSSR count). The Kier molecular flexibility index (Phi) is 5.79. The highest BCUT2D eigenvalue weighted by Gasteiger charge is 2.24. The van der Waals surface area contributed by atoms with Gasteiger partial charge in [0, 0.05) is 35.6 Å². The molecule has 0 aliphatic carbocycles. The van der Waals surface area contributed by atoms with Crippen molar-refractivity contribution in [2.24, 2.45) is 0 Å². The van der Waals surface area contributed by atoms with Crippen molar-refractivity contribution in [2.75, 3.05) is 13.1 Å². The van der Waals surface area contributed by atoms with Gasteiger partial charge >= 0.3 is 0 Å². The van der Waals surface area contributed by atoms with Gasteiger partial charge < -0.3 is 10.2 Å². The highest BCUT2D eigenvalue weighted by molar-refractivity contribution is 9.10. The van der Waals surface area contributed by atoms with Crippen molar-refractivity contribution < 1.29 is 9.59 Å². The molecule has 0 spiro atoms. The molecular weight excluding hydrogens is 332 g/mol. The molecule has 5 heteroatoms. The molecule has 1 aliphatic heterocycles. The first-order chi connectivity index (χ1) is 10.1. The van der Waals surface area contributed by atoms with Crippen molar-refractivity contribution in [1.29, 1.82) is 0 Å². The van der Waals surface area contributed by atoms with Gasteiger partial charge in [0.25, 0.3) is 5.91 Å². The van der Waals surface area contributed by atoms with Gasteiger partial charge in [-0.1, -0.05) is 28.9 Å². The molecule has 0 radical (unpaired) electrons. The molecule has 1 aliphatic rings. The first-order valence-electron chi connectivity index (χ1n) is 7.44. The van der Waals surface area contributed by atoms with Crippen LogP contribution in [0.25, 0.3) is 0 Å². The second kappa shape index (κ2) is 7.59. The van der Waals surface area contributed by atoms with Gasteiger partial charge in [0.1, 0.15) is 0 Å². The predicted octanol–water partition coefficient (Wildman–Crippen LogP) is 2.97. The quantitative estimate of drug-likeness (QED) is 0.905. The number of hydrogen-bond acceptors (Lipinski definition) is 2. The molecule has 1 N–H and O–H groups in total. The van der Waals surface area contributed by atoms with Crippen molar-refractivity contribution in [3.63, 3.8) is 0 Å². The van der Waals surface area contributed by atoms with Crippen LogP contribution in [-0.2, 0) is 4.79 Å². The summed E-state index contributed by atoms with van der Waals surface area (Å²) in [7, 11) is 0. The summed E-state index contributed by atoms with van der Waals surface area (Å²) in [4.78, 5) is 25.9. The maximum atomic E-state index is 12.4. The van der Waals surface area contributed by atoms with E-state index in [9.17, 15) is 9.59 Å². The molecule has 21 heavy (non-hydrogen) atoms. The van der Waals surface area contributed by atoms with Crippen molar-refractivity contribution in [3.05, 3.63) is 34.3 Å². The lowest BCUT2D eigenvalue weighted by molar-refractivity contribution is -0.122. The third-order valence-electron chi connectivity index (χ3n) is 3.70. The van der Waals surface area contributed by atoms with Crippen molar-refractivity contribution in [3.8, 4) is 0 Å². The third-order valence-corrected chi connectivity index (χ3v) is 4.19. The summed E-state index contributed by atoms with van der Waals surface area (Å²) >= 11 is 3.39. The molecule has 0 bridgehead atoms. The first kappa shape index (κ1) is 16.0. The molecule has 1 saturated heterocycles. The van der Waals surface area contributed by atoms with Crippen LogP contribution in [0.4, 0.5) is 0 Å². The second-order valence-electron chi connectivity index (χ2n) is 5.39. The minimum atomic E-state index is 0.0645. The van der Waals surface area contributed by atoms with Gasteiger partial charge in [0.05, 0.1) is 0 Å². The monoisotopic (exact) mass is 352 g/mol. The lowest BCUT2D eigenvalue weighted by atomic mass is 10.0. The minimum absolute atomic E-state index is 0.0645. The van der Waals surface area contributed by atoms with E-state index in [2.05, 4.69) is 21.2 Å². The number of rotatable bonds is 4. The van der Waals surface area contributed by atoms with E-state index in [0.29, 0.717) is 25.1 Å². The number of nitrogens with one attached hydrogen (secondary N) is 1. The summed E-state index contributed by atoms with van der Waals surface area (Å²) < 4.78 is 0.912. The summed E-state index contributed by atoms with van der Waals surface area (Å²) in [6.07, 6.45) is 3.10. The normalized spacial score (nSPS) is 15.8. The van der Waals surface area contributed by atoms with Gasteiger partial charge in [0.2, 0.25) is 5.91 Å². The predicted molar refractivity (Wildman–Crippen MR) is 86.1 cm³/mol. The maximum absolute atomic E-state index is 12.4. The Balaban J connectivity index is 1.86. The lowest BCUT2D eigenvalue weighted by Crippen LogP contribution is -2.46. The third kappa shape index (κ3) is 4.56. The molecule has 0 aromatic heterocycles. The smallest absolute Gasteiger partial charge is 0.253 e. The minimum Gasteiger partial charge on any atom is -0.353 e. The van der Waals surface area contributed by atoms with Gasteiger partial charge in [-0.25, -0.2) is 0 Å². The zero-order valence-corrected chi connectivity index (χ0v) is 13.9. The van der Waals surface area contributed by atoms with Crippen LogP contribution in [0.1, 0.15) is 43.0 Å². The van der Waals surface area contributed by atoms with E-state index >= 15 is 0 Å². The number of amides is 2. The van der Waals surface area contributed by atoms with Gasteiger partial charge in [-0.05, 0) is 37.5 Å². The van der Waals surface area contributed by atoms with Crippen LogP contribution in [0.15, 0.2) is 28.7 Å². The zero-order chi connectivity index (χ0) is 15.2. The topological polar surface area (TPSA) is 49.4 Å². The lowest BCUT2D eigenvalue weighted by Gasteiger charge is -2.32. The Labute approximate surface area is 134 Å². The molecule has 1 fully saturated rings. The van der Waals surface area contributed by atoms with E-state index < -0.39 is 0 Å². The Hall–Kier alpha value is -1.36. The van der Waals surface area contributed by atoms with Crippen LogP contribution < -0.4 is 5.32 Å². The number of likely N-dealkylation sites (tertiary alicyclic amines) is 1. The number of piperidine rings is 1. The average Bonchev–Trinajstić information content (AvgIpc) is 2.47. The van der Waals surface area contributed by atoms with Crippen LogP contribution >= 0.6 is 15.9 Å². The average molecular weight is 353 g/mol. The summed E-state index contributed by atoms with van der Waals surface area (Å²) in [5.74, 6) is 0.184. The van der Waals surface area contributed by atoms with Gasteiger partial charge in [-0.15, -0.1) is 0 Å². The largest absolute Gasteiger partial charge is 0.353 e. The van der Waals surface area contributed by atoms with Crippen molar-refractivity contribution >= 4 is 27.7 Å².